The van der Waals surface area contributed by atoms with Crippen LogP contribution in [0.5, 0.6) is 0 Å². The molecule has 1 fully saturated rings. The summed E-state index contributed by atoms with van der Waals surface area (Å²) in [7, 11) is 0. The normalized spacial score (nSPS) is 16.9. The highest BCUT2D eigenvalue weighted by Gasteiger charge is 2.13. The SMILES string of the molecule is Cl.NCCC(=O)OCCC1CCCCC1. The third-order valence-corrected chi connectivity index (χ3v) is 2.86. The van der Waals surface area contributed by atoms with Crippen molar-refractivity contribution < 1.29 is 9.53 Å². The summed E-state index contributed by atoms with van der Waals surface area (Å²) in [6.45, 7) is 0.978. The summed E-state index contributed by atoms with van der Waals surface area (Å²) in [4.78, 5) is 11.0. The molecule has 1 saturated carbocycles. The Bertz CT molecular complexity index is 170. The molecule has 0 aromatic heterocycles. The number of halogens is 1. The molecule has 0 bridgehead atoms. The Morgan fingerprint density at radius 2 is 1.93 bits per heavy atom. The number of hydrogen-bond donors (Lipinski definition) is 1. The zero-order valence-electron chi connectivity index (χ0n) is 9.24. The number of rotatable bonds is 5. The second-order valence-electron chi connectivity index (χ2n) is 4.05. The van der Waals surface area contributed by atoms with Crippen molar-refractivity contribution in [3.8, 4) is 0 Å². The summed E-state index contributed by atoms with van der Waals surface area (Å²) in [5.74, 6) is 0.637. The molecule has 3 nitrogen and oxygen atoms in total. The van der Waals surface area contributed by atoms with Gasteiger partial charge in [0.2, 0.25) is 0 Å². The zero-order valence-corrected chi connectivity index (χ0v) is 10.1. The fraction of sp³-hybridized carbons (Fsp3) is 0.909. The molecule has 1 rings (SSSR count). The first-order chi connectivity index (χ1) is 6.83. The molecule has 0 aromatic carbocycles. The van der Waals surface area contributed by atoms with Crippen molar-refractivity contribution in [1.82, 2.24) is 0 Å². The fourth-order valence-electron chi connectivity index (χ4n) is 2.01. The lowest BCUT2D eigenvalue weighted by Gasteiger charge is -2.20. The van der Waals surface area contributed by atoms with Gasteiger partial charge in [-0.2, -0.15) is 0 Å². The van der Waals surface area contributed by atoms with Crippen LogP contribution in [0.1, 0.15) is 44.9 Å². The number of ether oxygens (including phenoxy) is 1. The fourth-order valence-corrected chi connectivity index (χ4v) is 2.01. The number of esters is 1. The molecule has 1 aliphatic rings. The number of nitrogens with two attached hydrogens (primary N) is 1. The van der Waals surface area contributed by atoms with Crippen LogP contribution in [0, 0.1) is 5.92 Å². The van der Waals surface area contributed by atoms with Gasteiger partial charge in [-0.05, 0) is 12.3 Å². The average molecular weight is 236 g/mol. The monoisotopic (exact) mass is 235 g/mol. The van der Waals surface area contributed by atoms with Crippen LogP contribution in [0.15, 0.2) is 0 Å². The Kier molecular flexibility index (Phi) is 8.82. The summed E-state index contributed by atoms with van der Waals surface area (Å²) in [5, 5.41) is 0. The van der Waals surface area contributed by atoms with Crippen LogP contribution in [-0.4, -0.2) is 19.1 Å². The molecule has 90 valence electrons. The van der Waals surface area contributed by atoms with Crippen molar-refractivity contribution in [2.24, 2.45) is 11.7 Å². The molecule has 0 spiro atoms. The first-order valence-corrected chi connectivity index (χ1v) is 5.68. The molecule has 0 atom stereocenters. The quantitative estimate of drug-likeness (QED) is 0.744. The molecule has 0 unspecified atom stereocenters. The van der Waals surface area contributed by atoms with Gasteiger partial charge in [0.1, 0.15) is 0 Å². The molecular weight excluding hydrogens is 214 g/mol. The minimum absolute atomic E-state index is 0. The number of carbonyl (C=O) groups excluding carboxylic acids is 1. The first-order valence-electron chi connectivity index (χ1n) is 5.68. The predicted molar refractivity (Wildman–Crippen MR) is 63.1 cm³/mol. The van der Waals surface area contributed by atoms with Crippen LogP contribution >= 0.6 is 12.4 Å². The van der Waals surface area contributed by atoms with E-state index in [9.17, 15) is 4.79 Å². The van der Waals surface area contributed by atoms with Gasteiger partial charge < -0.3 is 10.5 Å². The minimum atomic E-state index is -0.150. The van der Waals surface area contributed by atoms with E-state index in [1.807, 2.05) is 0 Å². The molecule has 0 aliphatic heterocycles. The maximum atomic E-state index is 11.0. The van der Waals surface area contributed by atoms with E-state index in [1.165, 1.54) is 32.1 Å². The topological polar surface area (TPSA) is 52.3 Å². The van der Waals surface area contributed by atoms with Gasteiger partial charge >= 0.3 is 5.97 Å². The van der Waals surface area contributed by atoms with Crippen LogP contribution in [-0.2, 0) is 9.53 Å². The molecule has 0 amide bonds. The number of hydrogen-bond acceptors (Lipinski definition) is 3. The van der Waals surface area contributed by atoms with Crippen molar-refractivity contribution in [2.45, 2.75) is 44.9 Å². The molecule has 1 aliphatic carbocycles. The molecule has 15 heavy (non-hydrogen) atoms. The van der Waals surface area contributed by atoms with E-state index >= 15 is 0 Å². The second-order valence-corrected chi connectivity index (χ2v) is 4.05. The lowest BCUT2D eigenvalue weighted by atomic mass is 9.87. The van der Waals surface area contributed by atoms with Gasteiger partial charge in [-0.3, -0.25) is 4.79 Å². The van der Waals surface area contributed by atoms with Crippen molar-refractivity contribution in [2.75, 3.05) is 13.2 Å². The van der Waals surface area contributed by atoms with Gasteiger partial charge in [0.15, 0.2) is 0 Å². The Labute approximate surface area is 98.2 Å². The zero-order chi connectivity index (χ0) is 10.2. The van der Waals surface area contributed by atoms with Gasteiger partial charge in [-0.1, -0.05) is 32.1 Å². The number of carbonyl (C=O) groups is 1. The highest BCUT2D eigenvalue weighted by Crippen LogP contribution is 2.25. The summed E-state index contributed by atoms with van der Waals surface area (Å²) < 4.78 is 5.07. The van der Waals surface area contributed by atoms with Crippen LogP contribution in [0.3, 0.4) is 0 Å². The molecule has 0 saturated heterocycles. The molecule has 0 heterocycles. The Balaban J connectivity index is 0.00000196. The van der Waals surface area contributed by atoms with E-state index in [0.717, 1.165) is 12.3 Å². The van der Waals surface area contributed by atoms with E-state index in [0.29, 0.717) is 19.6 Å². The summed E-state index contributed by atoms with van der Waals surface area (Å²) in [6.07, 6.45) is 8.09. The Hall–Kier alpha value is -0.280. The third kappa shape index (κ3) is 6.74. The van der Waals surface area contributed by atoms with Crippen LogP contribution < -0.4 is 5.73 Å². The van der Waals surface area contributed by atoms with E-state index in [4.69, 9.17) is 10.5 Å². The highest BCUT2D eigenvalue weighted by atomic mass is 35.5. The van der Waals surface area contributed by atoms with Crippen molar-refractivity contribution in [1.29, 1.82) is 0 Å². The van der Waals surface area contributed by atoms with Gasteiger partial charge in [-0.15, -0.1) is 12.4 Å². The van der Waals surface area contributed by atoms with Crippen molar-refractivity contribution in [3.05, 3.63) is 0 Å². The lowest BCUT2D eigenvalue weighted by Crippen LogP contribution is -2.14. The lowest BCUT2D eigenvalue weighted by molar-refractivity contribution is -0.143. The summed E-state index contributed by atoms with van der Waals surface area (Å²) in [6, 6.07) is 0. The van der Waals surface area contributed by atoms with Gasteiger partial charge in [0.05, 0.1) is 13.0 Å². The molecule has 0 radical (unpaired) electrons. The predicted octanol–water partition coefficient (Wildman–Crippen LogP) is 2.27. The standard InChI is InChI=1S/C11H21NO2.ClH/c12-8-6-11(13)14-9-7-10-4-2-1-3-5-10;/h10H,1-9,12H2;1H. The molecule has 0 aromatic rings. The first kappa shape index (κ1) is 14.7. The molecule has 4 heteroatoms. The van der Waals surface area contributed by atoms with Crippen LogP contribution in [0.2, 0.25) is 0 Å². The highest BCUT2D eigenvalue weighted by molar-refractivity contribution is 5.85. The van der Waals surface area contributed by atoms with E-state index < -0.39 is 0 Å². The van der Waals surface area contributed by atoms with E-state index in [-0.39, 0.29) is 18.4 Å². The van der Waals surface area contributed by atoms with Gasteiger partial charge in [-0.25, -0.2) is 0 Å². The maximum absolute atomic E-state index is 11.0. The van der Waals surface area contributed by atoms with Gasteiger partial charge in [0, 0.05) is 6.54 Å². The van der Waals surface area contributed by atoms with Crippen LogP contribution in [0.25, 0.3) is 0 Å². The third-order valence-electron chi connectivity index (χ3n) is 2.86. The maximum Gasteiger partial charge on any atom is 0.307 e. The molecule has 2 N–H and O–H groups in total. The van der Waals surface area contributed by atoms with E-state index in [1.54, 1.807) is 0 Å². The largest absolute Gasteiger partial charge is 0.466 e. The van der Waals surface area contributed by atoms with Crippen molar-refractivity contribution in [3.63, 3.8) is 0 Å². The smallest absolute Gasteiger partial charge is 0.307 e. The second kappa shape index (κ2) is 8.98. The minimum Gasteiger partial charge on any atom is -0.466 e. The van der Waals surface area contributed by atoms with Crippen molar-refractivity contribution >= 4 is 18.4 Å². The van der Waals surface area contributed by atoms with E-state index in [2.05, 4.69) is 0 Å². The Morgan fingerprint density at radius 1 is 1.27 bits per heavy atom. The van der Waals surface area contributed by atoms with Gasteiger partial charge in [0.25, 0.3) is 0 Å². The molecular formula is C11H22ClNO2. The summed E-state index contributed by atoms with van der Waals surface area (Å²) >= 11 is 0. The Morgan fingerprint density at radius 3 is 2.53 bits per heavy atom. The van der Waals surface area contributed by atoms with Crippen LogP contribution in [0.4, 0.5) is 0 Å². The summed E-state index contributed by atoms with van der Waals surface area (Å²) in [5.41, 5.74) is 5.24. The average Bonchev–Trinajstić information content (AvgIpc) is 2.20.